The maximum atomic E-state index is 12.7. The first-order valence-electron chi connectivity index (χ1n) is 8.33. The highest BCUT2D eigenvalue weighted by atomic mass is 35.5. The molecule has 3 aromatic rings. The molecule has 0 bridgehead atoms. The number of hydrogen-bond acceptors (Lipinski definition) is 3. The van der Waals surface area contributed by atoms with Crippen LogP contribution in [0.5, 0.6) is 5.75 Å². The molecule has 1 unspecified atom stereocenters. The van der Waals surface area contributed by atoms with Crippen molar-refractivity contribution in [3.05, 3.63) is 53.1 Å². The number of nitrogens with one attached hydrogen (secondary N) is 1. The number of carbonyl (C=O) groups excluding carboxylic acids is 1. The van der Waals surface area contributed by atoms with Crippen molar-refractivity contribution in [2.45, 2.75) is 19.9 Å². The van der Waals surface area contributed by atoms with Crippen molar-refractivity contribution in [1.82, 2.24) is 9.55 Å². The molecule has 1 aromatic heterocycles. The van der Waals surface area contributed by atoms with E-state index < -0.39 is 0 Å². The van der Waals surface area contributed by atoms with Crippen molar-refractivity contribution in [2.24, 2.45) is 5.92 Å². The highest BCUT2D eigenvalue weighted by molar-refractivity contribution is 6.30. The molecule has 5 nitrogen and oxygen atoms in total. The number of aromatic nitrogens is 2. The van der Waals surface area contributed by atoms with Gasteiger partial charge in [-0.1, -0.05) is 23.7 Å². The molecule has 0 spiro atoms. The second kappa shape index (κ2) is 6.41. The molecule has 128 valence electrons. The van der Waals surface area contributed by atoms with Crippen LogP contribution in [0.1, 0.15) is 12.5 Å². The molecular formula is C19H18ClN3O2. The Bertz CT molecular complexity index is 951. The molecule has 0 aliphatic carbocycles. The molecule has 1 aliphatic heterocycles. The van der Waals surface area contributed by atoms with Gasteiger partial charge in [-0.25, -0.2) is 4.98 Å². The number of rotatable bonds is 3. The fourth-order valence-corrected chi connectivity index (χ4v) is 3.43. The lowest BCUT2D eigenvalue weighted by molar-refractivity contribution is -0.121. The quantitative estimate of drug-likeness (QED) is 0.775. The third kappa shape index (κ3) is 2.96. The molecule has 1 amide bonds. The largest absolute Gasteiger partial charge is 0.492 e. The summed E-state index contributed by atoms with van der Waals surface area (Å²) in [5.41, 5.74) is 2.84. The summed E-state index contributed by atoms with van der Waals surface area (Å²) >= 11 is 6.05. The first kappa shape index (κ1) is 16.0. The SMILES string of the molecule is CCn1c(NC(=O)C2COc3ccc(Cl)cc3C2)nc2ccccc21. The number of anilines is 1. The van der Waals surface area contributed by atoms with E-state index in [2.05, 4.69) is 10.3 Å². The van der Waals surface area contributed by atoms with E-state index in [9.17, 15) is 4.79 Å². The number of para-hydroxylation sites is 2. The summed E-state index contributed by atoms with van der Waals surface area (Å²) < 4.78 is 7.72. The summed E-state index contributed by atoms with van der Waals surface area (Å²) in [4.78, 5) is 17.3. The Labute approximate surface area is 150 Å². The lowest BCUT2D eigenvalue weighted by Crippen LogP contribution is -2.33. The molecule has 0 fully saturated rings. The van der Waals surface area contributed by atoms with Crippen molar-refractivity contribution in [1.29, 1.82) is 0 Å². The minimum absolute atomic E-state index is 0.0874. The number of carbonyl (C=O) groups is 1. The Balaban J connectivity index is 1.57. The number of benzene rings is 2. The highest BCUT2D eigenvalue weighted by Crippen LogP contribution is 2.30. The van der Waals surface area contributed by atoms with Gasteiger partial charge in [0.25, 0.3) is 0 Å². The van der Waals surface area contributed by atoms with Gasteiger partial charge >= 0.3 is 0 Å². The van der Waals surface area contributed by atoms with E-state index in [0.29, 0.717) is 24.0 Å². The van der Waals surface area contributed by atoms with Crippen LogP contribution in [-0.4, -0.2) is 22.1 Å². The molecule has 6 heteroatoms. The van der Waals surface area contributed by atoms with Gasteiger partial charge in [-0.3, -0.25) is 10.1 Å². The summed E-state index contributed by atoms with van der Waals surface area (Å²) in [5.74, 6) is 1.02. The number of hydrogen-bond donors (Lipinski definition) is 1. The van der Waals surface area contributed by atoms with Gasteiger partial charge in [-0.05, 0) is 49.2 Å². The maximum absolute atomic E-state index is 12.7. The lowest BCUT2D eigenvalue weighted by Gasteiger charge is -2.24. The van der Waals surface area contributed by atoms with E-state index in [1.807, 2.05) is 47.9 Å². The predicted octanol–water partition coefficient (Wildman–Crippen LogP) is 3.90. The topological polar surface area (TPSA) is 56.2 Å². The van der Waals surface area contributed by atoms with Gasteiger partial charge in [-0.2, -0.15) is 0 Å². The Morgan fingerprint density at radius 1 is 1.36 bits per heavy atom. The normalized spacial score (nSPS) is 16.3. The molecule has 2 heterocycles. The molecule has 1 atom stereocenters. The summed E-state index contributed by atoms with van der Waals surface area (Å²) in [6, 6.07) is 13.4. The predicted molar refractivity (Wildman–Crippen MR) is 98.2 cm³/mol. The smallest absolute Gasteiger partial charge is 0.233 e. The molecule has 1 N–H and O–H groups in total. The van der Waals surface area contributed by atoms with Crippen LogP contribution in [0.25, 0.3) is 11.0 Å². The number of amides is 1. The summed E-state index contributed by atoms with van der Waals surface area (Å²) in [7, 11) is 0. The Hall–Kier alpha value is -2.53. The van der Waals surface area contributed by atoms with E-state index in [4.69, 9.17) is 16.3 Å². The molecule has 2 aromatic carbocycles. The van der Waals surface area contributed by atoms with Gasteiger partial charge < -0.3 is 9.30 Å². The lowest BCUT2D eigenvalue weighted by atomic mass is 9.96. The minimum Gasteiger partial charge on any atom is -0.492 e. The number of halogens is 1. The van der Waals surface area contributed by atoms with Crippen LogP contribution in [-0.2, 0) is 17.8 Å². The standard InChI is InChI=1S/C19H18ClN3O2/c1-2-23-16-6-4-3-5-15(16)21-19(23)22-18(24)13-9-12-10-14(20)7-8-17(12)25-11-13/h3-8,10,13H,2,9,11H2,1H3,(H,21,22,24). The van der Waals surface area contributed by atoms with Crippen LogP contribution in [0.4, 0.5) is 5.95 Å². The number of aryl methyl sites for hydroxylation is 1. The van der Waals surface area contributed by atoms with Gasteiger partial charge in [0.15, 0.2) is 0 Å². The van der Waals surface area contributed by atoms with E-state index in [1.165, 1.54) is 0 Å². The van der Waals surface area contributed by atoms with Crippen molar-refractivity contribution in [2.75, 3.05) is 11.9 Å². The van der Waals surface area contributed by atoms with Gasteiger partial charge in [0.1, 0.15) is 12.4 Å². The third-order valence-electron chi connectivity index (χ3n) is 4.51. The van der Waals surface area contributed by atoms with Crippen LogP contribution >= 0.6 is 11.6 Å². The molecule has 25 heavy (non-hydrogen) atoms. The van der Waals surface area contributed by atoms with Crippen molar-refractivity contribution >= 4 is 34.5 Å². The second-order valence-corrected chi connectivity index (χ2v) is 6.56. The minimum atomic E-state index is -0.268. The van der Waals surface area contributed by atoms with Gasteiger partial charge in [0, 0.05) is 11.6 Å². The van der Waals surface area contributed by atoms with Crippen LogP contribution in [0.15, 0.2) is 42.5 Å². The number of fused-ring (bicyclic) bond motifs is 2. The highest BCUT2D eigenvalue weighted by Gasteiger charge is 2.27. The van der Waals surface area contributed by atoms with E-state index in [0.717, 1.165) is 28.9 Å². The van der Waals surface area contributed by atoms with Crippen LogP contribution in [0.2, 0.25) is 5.02 Å². The van der Waals surface area contributed by atoms with Crippen LogP contribution in [0.3, 0.4) is 0 Å². The first-order valence-corrected chi connectivity index (χ1v) is 8.71. The van der Waals surface area contributed by atoms with Crippen LogP contribution in [0, 0.1) is 5.92 Å². The Morgan fingerprint density at radius 3 is 3.04 bits per heavy atom. The molecule has 0 saturated heterocycles. The average molecular weight is 356 g/mol. The van der Waals surface area contributed by atoms with Crippen molar-refractivity contribution < 1.29 is 9.53 Å². The Kier molecular flexibility index (Phi) is 4.09. The monoisotopic (exact) mass is 355 g/mol. The summed E-state index contributed by atoms with van der Waals surface area (Å²) in [6.07, 6.45) is 0.605. The number of imidazole rings is 1. The summed E-state index contributed by atoms with van der Waals surface area (Å²) in [6.45, 7) is 3.12. The third-order valence-corrected chi connectivity index (χ3v) is 4.74. The molecular weight excluding hydrogens is 338 g/mol. The Morgan fingerprint density at radius 2 is 2.20 bits per heavy atom. The second-order valence-electron chi connectivity index (χ2n) is 6.12. The van der Waals surface area contributed by atoms with Crippen molar-refractivity contribution in [3.8, 4) is 5.75 Å². The molecule has 0 radical (unpaired) electrons. The first-order chi connectivity index (χ1) is 12.2. The molecule has 4 rings (SSSR count). The fraction of sp³-hybridized carbons (Fsp3) is 0.263. The number of ether oxygens (including phenoxy) is 1. The summed E-state index contributed by atoms with van der Waals surface area (Å²) in [5, 5.41) is 3.62. The van der Waals surface area contributed by atoms with Gasteiger partial charge in [-0.15, -0.1) is 0 Å². The zero-order valence-electron chi connectivity index (χ0n) is 13.8. The van der Waals surface area contributed by atoms with Crippen LogP contribution < -0.4 is 10.1 Å². The zero-order chi connectivity index (χ0) is 17.4. The average Bonchev–Trinajstić information content (AvgIpc) is 2.97. The van der Waals surface area contributed by atoms with E-state index in [1.54, 1.807) is 6.07 Å². The number of nitrogens with zero attached hydrogens (tertiary/aromatic N) is 2. The fourth-order valence-electron chi connectivity index (χ4n) is 3.23. The zero-order valence-corrected chi connectivity index (χ0v) is 14.6. The van der Waals surface area contributed by atoms with Gasteiger partial charge in [0.2, 0.25) is 11.9 Å². The molecule has 1 aliphatic rings. The molecule has 0 saturated carbocycles. The van der Waals surface area contributed by atoms with Crippen molar-refractivity contribution in [3.63, 3.8) is 0 Å². The van der Waals surface area contributed by atoms with E-state index in [-0.39, 0.29) is 11.8 Å². The van der Waals surface area contributed by atoms with Gasteiger partial charge in [0.05, 0.1) is 17.0 Å². The maximum Gasteiger partial charge on any atom is 0.233 e. The van der Waals surface area contributed by atoms with E-state index >= 15 is 0 Å².